The average molecular weight is 441 g/mol. The first-order valence-electron chi connectivity index (χ1n) is 10.5. The van der Waals surface area contributed by atoms with Crippen molar-refractivity contribution in [3.05, 3.63) is 64.1 Å². The van der Waals surface area contributed by atoms with Gasteiger partial charge < -0.3 is 14.3 Å². The minimum atomic E-state index is -4.55. The van der Waals surface area contributed by atoms with Crippen molar-refractivity contribution in [1.29, 1.82) is 0 Å². The molecule has 0 bridgehead atoms. The van der Waals surface area contributed by atoms with E-state index in [2.05, 4.69) is 26.9 Å². The highest BCUT2D eigenvalue weighted by Gasteiger charge is 2.34. The maximum Gasteiger partial charge on any atom is 0.420 e. The van der Waals surface area contributed by atoms with Gasteiger partial charge in [-0.15, -0.1) is 0 Å². The summed E-state index contributed by atoms with van der Waals surface area (Å²) in [5.41, 5.74) is 0.671. The topological polar surface area (TPSA) is 66.3 Å². The minimum Gasteiger partial charge on any atom is -0.310 e. The van der Waals surface area contributed by atoms with Crippen LogP contribution in [0.15, 0.2) is 41.5 Å². The minimum absolute atomic E-state index is 0.137. The molecule has 1 aliphatic heterocycles. The quantitative estimate of drug-likeness (QED) is 0.502. The Kier molecular flexibility index (Phi) is 4.81. The van der Waals surface area contributed by atoms with E-state index in [1.807, 2.05) is 0 Å². The molecule has 0 atom stereocenters. The standard InChI is InChI=1S/C23H22F3N5O/c1-13-11-31-12-16(10-18(21(31)27-13)23(24,25)26)15-3-4-19-17(9-15)22(32)29-20(28-19)14-5-7-30(2)8-6-14/h3-4,9-12,14H,5-8H2,1-2H3,(H,28,29,32). The summed E-state index contributed by atoms with van der Waals surface area (Å²) in [5, 5.41) is 0.356. The van der Waals surface area contributed by atoms with Gasteiger partial charge in [-0.05, 0) is 69.2 Å². The Morgan fingerprint density at radius 3 is 2.53 bits per heavy atom. The summed E-state index contributed by atoms with van der Waals surface area (Å²) in [6, 6.07) is 6.09. The molecule has 5 rings (SSSR count). The summed E-state index contributed by atoms with van der Waals surface area (Å²) in [7, 11) is 2.07. The number of fused-ring (bicyclic) bond motifs is 2. The molecular formula is C23H22F3N5O. The Labute approximate surface area is 181 Å². The number of nitrogens with zero attached hydrogens (tertiary/aromatic N) is 4. The molecule has 0 spiro atoms. The van der Waals surface area contributed by atoms with Crippen molar-refractivity contribution in [3.63, 3.8) is 0 Å². The number of alkyl halides is 3. The van der Waals surface area contributed by atoms with Crippen LogP contribution < -0.4 is 5.56 Å². The highest BCUT2D eigenvalue weighted by Crippen LogP contribution is 2.35. The summed E-state index contributed by atoms with van der Waals surface area (Å²) in [4.78, 5) is 26.7. The van der Waals surface area contributed by atoms with Crippen molar-refractivity contribution in [2.45, 2.75) is 31.9 Å². The molecule has 1 aliphatic rings. The number of imidazole rings is 1. The predicted octanol–water partition coefficient (Wildman–Crippen LogP) is 4.37. The normalized spacial score (nSPS) is 16.3. The summed E-state index contributed by atoms with van der Waals surface area (Å²) in [6.45, 7) is 3.54. The number of aryl methyl sites for hydroxylation is 1. The van der Waals surface area contributed by atoms with Gasteiger partial charge in [0.25, 0.3) is 5.56 Å². The van der Waals surface area contributed by atoms with E-state index in [0.29, 0.717) is 33.5 Å². The lowest BCUT2D eigenvalue weighted by Gasteiger charge is -2.28. The molecule has 6 nitrogen and oxygen atoms in total. The van der Waals surface area contributed by atoms with Crippen LogP contribution in [0.2, 0.25) is 0 Å². The van der Waals surface area contributed by atoms with Crippen LogP contribution in [0.4, 0.5) is 13.2 Å². The number of hydrogen-bond acceptors (Lipinski definition) is 4. The maximum atomic E-state index is 13.7. The zero-order valence-corrected chi connectivity index (χ0v) is 17.7. The number of rotatable bonds is 2. The first-order chi connectivity index (χ1) is 15.2. The second-order valence-electron chi connectivity index (χ2n) is 8.51. The second-order valence-corrected chi connectivity index (χ2v) is 8.51. The van der Waals surface area contributed by atoms with Gasteiger partial charge in [-0.1, -0.05) is 6.07 Å². The van der Waals surface area contributed by atoms with Crippen molar-refractivity contribution >= 4 is 16.6 Å². The molecule has 32 heavy (non-hydrogen) atoms. The highest BCUT2D eigenvalue weighted by atomic mass is 19.4. The number of aromatic nitrogens is 4. The first-order valence-corrected chi connectivity index (χ1v) is 10.5. The van der Waals surface area contributed by atoms with Gasteiger partial charge >= 0.3 is 6.18 Å². The van der Waals surface area contributed by atoms with E-state index in [4.69, 9.17) is 0 Å². The summed E-state index contributed by atoms with van der Waals surface area (Å²) in [5.74, 6) is 0.877. The number of benzene rings is 1. The molecule has 0 saturated carbocycles. The van der Waals surface area contributed by atoms with Crippen molar-refractivity contribution in [2.24, 2.45) is 0 Å². The third-order valence-corrected chi connectivity index (χ3v) is 6.14. The van der Waals surface area contributed by atoms with Gasteiger partial charge in [-0.2, -0.15) is 13.2 Å². The first kappa shape index (κ1) is 20.7. The third-order valence-electron chi connectivity index (χ3n) is 6.14. The molecule has 9 heteroatoms. The number of hydrogen-bond donors (Lipinski definition) is 1. The molecule has 1 fully saturated rings. The zero-order chi connectivity index (χ0) is 22.6. The van der Waals surface area contributed by atoms with Gasteiger partial charge in [0.05, 0.1) is 22.2 Å². The van der Waals surface area contributed by atoms with Gasteiger partial charge in [-0.25, -0.2) is 9.97 Å². The molecule has 1 saturated heterocycles. The van der Waals surface area contributed by atoms with Crippen LogP contribution in [0.1, 0.15) is 35.8 Å². The van der Waals surface area contributed by atoms with E-state index < -0.39 is 11.7 Å². The van der Waals surface area contributed by atoms with Crippen LogP contribution in [-0.2, 0) is 6.18 Å². The molecule has 4 aromatic rings. The monoisotopic (exact) mass is 441 g/mol. The van der Waals surface area contributed by atoms with Gasteiger partial charge in [0.1, 0.15) is 11.5 Å². The molecule has 0 unspecified atom stereocenters. The Morgan fingerprint density at radius 1 is 1.06 bits per heavy atom. The lowest BCUT2D eigenvalue weighted by atomic mass is 9.96. The molecule has 0 radical (unpaired) electrons. The van der Waals surface area contributed by atoms with E-state index in [9.17, 15) is 18.0 Å². The van der Waals surface area contributed by atoms with Crippen molar-refractivity contribution in [3.8, 4) is 11.1 Å². The molecule has 0 aliphatic carbocycles. The fourth-order valence-corrected chi connectivity index (χ4v) is 4.40. The zero-order valence-electron chi connectivity index (χ0n) is 17.7. The lowest BCUT2D eigenvalue weighted by molar-refractivity contribution is -0.136. The third kappa shape index (κ3) is 3.66. The average Bonchev–Trinajstić information content (AvgIpc) is 3.12. The Bertz CT molecular complexity index is 1380. The van der Waals surface area contributed by atoms with Gasteiger partial charge in [0.15, 0.2) is 0 Å². The molecule has 1 N–H and O–H groups in total. The van der Waals surface area contributed by atoms with Crippen LogP contribution >= 0.6 is 0 Å². The molecule has 166 valence electrons. The number of halogens is 3. The van der Waals surface area contributed by atoms with Gasteiger partial charge in [0.2, 0.25) is 0 Å². The van der Waals surface area contributed by atoms with Crippen LogP contribution in [0.3, 0.4) is 0 Å². The molecule has 0 amide bonds. The Hall–Kier alpha value is -3.20. The fraction of sp³-hybridized carbons (Fsp3) is 0.348. The maximum absolute atomic E-state index is 13.7. The van der Waals surface area contributed by atoms with E-state index in [1.54, 1.807) is 37.5 Å². The van der Waals surface area contributed by atoms with E-state index in [0.717, 1.165) is 32.0 Å². The van der Waals surface area contributed by atoms with Crippen molar-refractivity contribution < 1.29 is 13.2 Å². The van der Waals surface area contributed by atoms with E-state index in [1.165, 1.54) is 4.40 Å². The molecule has 1 aromatic carbocycles. The largest absolute Gasteiger partial charge is 0.420 e. The van der Waals surface area contributed by atoms with Crippen LogP contribution in [-0.4, -0.2) is 44.4 Å². The van der Waals surface area contributed by atoms with Crippen LogP contribution in [0.25, 0.3) is 27.7 Å². The summed E-state index contributed by atoms with van der Waals surface area (Å²) in [6.07, 6.45) is 0.451. The summed E-state index contributed by atoms with van der Waals surface area (Å²) >= 11 is 0. The number of H-pyrrole nitrogens is 1. The smallest absolute Gasteiger partial charge is 0.310 e. The van der Waals surface area contributed by atoms with Gasteiger partial charge in [-0.3, -0.25) is 4.79 Å². The lowest BCUT2D eigenvalue weighted by Crippen LogP contribution is -2.30. The van der Waals surface area contributed by atoms with Crippen molar-refractivity contribution in [2.75, 3.05) is 20.1 Å². The molecular weight excluding hydrogens is 419 g/mol. The van der Waals surface area contributed by atoms with Gasteiger partial charge in [0, 0.05) is 18.3 Å². The van der Waals surface area contributed by atoms with Crippen LogP contribution in [0, 0.1) is 6.92 Å². The fourth-order valence-electron chi connectivity index (χ4n) is 4.40. The Morgan fingerprint density at radius 2 is 1.81 bits per heavy atom. The highest BCUT2D eigenvalue weighted by molar-refractivity contribution is 5.84. The number of likely N-dealkylation sites (tertiary alicyclic amines) is 1. The predicted molar refractivity (Wildman–Crippen MR) is 116 cm³/mol. The SMILES string of the molecule is Cc1cn2cc(-c3ccc4nc(C5CCN(C)CC5)[nH]c(=O)c4c3)cc(C(F)(F)F)c2n1. The second kappa shape index (κ2) is 7.44. The van der Waals surface area contributed by atoms with Crippen LogP contribution in [0.5, 0.6) is 0 Å². The number of piperidine rings is 1. The molecule has 3 aromatic heterocycles. The summed E-state index contributed by atoms with van der Waals surface area (Å²) < 4.78 is 42.4. The van der Waals surface area contributed by atoms with E-state index >= 15 is 0 Å². The number of pyridine rings is 1. The molecule has 4 heterocycles. The van der Waals surface area contributed by atoms with E-state index in [-0.39, 0.29) is 17.1 Å². The number of aromatic amines is 1. The number of nitrogens with one attached hydrogen (secondary N) is 1. The van der Waals surface area contributed by atoms with Crippen molar-refractivity contribution in [1.82, 2.24) is 24.3 Å². The Balaban J connectivity index is 1.60.